The van der Waals surface area contributed by atoms with E-state index in [4.69, 9.17) is 0 Å². The fourth-order valence-electron chi connectivity index (χ4n) is 5.13. The molecule has 0 aliphatic rings. The van der Waals surface area contributed by atoms with Crippen molar-refractivity contribution in [2.24, 2.45) is 0 Å². The maximum Gasteiger partial charge on any atom is 0.264 e. The van der Waals surface area contributed by atoms with Gasteiger partial charge < -0.3 is 10.2 Å². The van der Waals surface area contributed by atoms with Crippen LogP contribution in [0.1, 0.15) is 41.2 Å². The average Bonchev–Trinajstić information content (AvgIpc) is 3.03. The third-order valence-corrected chi connectivity index (χ3v) is 9.65. The van der Waals surface area contributed by atoms with Gasteiger partial charge in [0, 0.05) is 19.5 Å². The van der Waals surface area contributed by atoms with E-state index in [2.05, 4.69) is 5.32 Å². The third kappa shape index (κ3) is 7.74. The van der Waals surface area contributed by atoms with E-state index in [-0.39, 0.29) is 23.8 Å². The number of nitrogens with zero attached hydrogens (tertiary/aromatic N) is 2. The number of sulfonamides is 1. The average molecular weight is 612 g/mol. The van der Waals surface area contributed by atoms with Crippen molar-refractivity contribution < 1.29 is 18.0 Å². The first-order valence-corrected chi connectivity index (χ1v) is 16.4. The van der Waals surface area contributed by atoms with Crippen LogP contribution in [0.3, 0.4) is 0 Å². The molecule has 1 N–H and O–H groups in total. The van der Waals surface area contributed by atoms with E-state index >= 15 is 0 Å². The quantitative estimate of drug-likeness (QED) is 0.202. The van der Waals surface area contributed by atoms with Gasteiger partial charge in [-0.2, -0.15) is 0 Å². The summed E-state index contributed by atoms with van der Waals surface area (Å²) in [5.41, 5.74) is 4.84. The van der Waals surface area contributed by atoms with Crippen LogP contribution >= 0.6 is 0 Å². The molecule has 0 aliphatic heterocycles. The number of hydrogen-bond acceptors (Lipinski definition) is 4. The molecule has 0 heterocycles. The lowest BCUT2D eigenvalue weighted by atomic mass is 10.0. The zero-order valence-corrected chi connectivity index (χ0v) is 26.7. The molecule has 0 unspecified atom stereocenters. The highest BCUT2D eigenvalue weighted by Crippen LogP contribution is 2.29. The Morgan fingerprint density at radius 2 is 1.39 bits per heavy atom. The van der Waals surface area contributed by atoms with E-state index in [0.29, 0.717) is 12.2 Å². The van der Waals surface area contributed by atoms with Gasteiger partial charge in [-0.05, 0) is 73.2 Å². The van der Waals surface area contributed by atoms with Crippen LogP contribution in [0.15, 0.2) is 108 Å². The van der Waals surface area contributed by atoms with Gasteiger partial charge in [0.05, 0.1) is 10.6 Å². The van der Waals surface area contributed by atoms with Crippen molar-refractivity contribution in [3.05, 3.63) is 131 Å². The largest absolute Gasteiger partial charge is 0.354 e. The molecular formula is C36H41N3O4S. The van der Waals surface area contributed by atoms with Crippen molar-refractivity contribution in [1.29, 1.82) is 0 Å². The number of carbonyl (C=O) groups is 2. The zero-order valence-electron chi connectivity index (χ0n) is 25.9. The molecule has 4 aromatic carbocycles. The molecule has 0 radical (unpaired) electrons. The van der Waals surface area contributed by atoms with Crippen LogP contribution in [0.4, 0.5) is 5.69 Å². The normalized spacial score (nSPS) is 11.9. The highest BCUT2D eigenvalue weighted by atomic mass is 32.2. The summed E-state index contributed by atoms with van der Waals surface area (Å²) < 4.78 is 29.5. The molecule has 0 aromatic heterocycles. The summed E-state index contributed by atoms with van der Waals surface area (Å²) in [6.07, 6.45) is 1.02. The monoisotopic (exact) mass is 611 g/mol. The molecule has 0 bridgehead atoms. The molecule has 1 atom stereocenters. The van der Waals surface area contributed by atoms with Crippen molar-refractivity contribution >= 4 is 27.5 Å². The van der Waals surface area contributed by atoms with E-state index in [1.165, 1.54) is 16.4 Å². The first-order valence-electron chi connectivity index (χ1n) is 14.9. The second-order valence-corrected chi connectivity index (χ2v) is 12.9. The summed E-state index contributed by atoms with van der Waals surface area (Å²) in [5, 5.41) is 2.98. The summed E-state index contributed by atoms with van der Waals surface area (Å²) >= 11 is 0. The number of benzene rings is 4. The SMILES string of the molecule is CCCNC(=O)[C@H](Cc1ccccc1)N(Cc1ccccc1C)C(=O)CN(c1cccc(C)c1C)S(=O)(=O)c1ccccc1. The predicted molar refractivity (Wildman–Crippen MR) is 176 cm³/mol. The van der Waals surface area contributed by atoms with E-state index in [1.54, 1.807) is 35.2 Å². The molecule has 44 heavy (non-hydrogen) atoms. The van der Waals surface area contributed by atoms with Crippen molar-refractivity contribution in [3.8, 4) is 0 Å². The van der Waals surface area contributed by atoms with Gasteiger partial charge in [0.2, 0.25) is 11.8 Å². The fraction of sp³-hybridized carbons (Fsp3) is 0.278. The van der Waals surface area contributed by atoms with Gasteiger partial charge in [0.25, 0.3) is 10.0 Å². The molecule has 0 spiro atoms. The standard InChI is InChI=1S/C36H41N3O4S/c1-5-23-37-36(41)34(24-30-17-8-6-9-18-30)38(25-31-19-13-12-15-28(31)3)35(40)26-39(33-22-14-16-27(2)29(33)4)44(42,43)32-20-10-7-11-21-32/h6-22,34H,5,23-26H2,1-4H3,(H,37,41)/t34-/m0/s1. The lowest BCUT2D eigenvalue weighted by molar-refractivity contribution is -0.140. The maximum absolute atomic E-state index is 14.6. The Labute approximate surface area is 261 Å². The number of carbonyl (C=O) groups excluding carboxylic acids is 2. The number of hydrogen-bond donors (Lipinski definition) is 1. The Morgan fingerprint density at radius 3 is 2.05 bits per heavy atom. The zero-order chi connectivity index (χ0) is 31.7. The van der Waals surface area contributed by atoms with Crippen LogP contribution in [0.2, 0.25) is 0 Å². The highest BCUT2D eigenvalue weighted by molar-refractivity contribution is 7.92. The van der Waals surface area contributed by atoms with Crippen LogP contribution in [0.25, 0.3) is 0 Å². The van der Waals surface area contributed by atoms with E-state index in [0.717, 1.165) is 34.2 Å². The molecule has 230 valence electrons. The summed E-state index contributed by atoms with van der Waals surface area (Å²) in [6.45, 7) is 7.83. The Morgan fingerprint density at radius 1 is 0.773 bits per heavy atom. The maximum atomic E-state index is 14.6. The van der Waals surface area contributed by atoms with E-state index < -0.39 is 28.5 Å². The molecule has 0 saturated heterocycles. The van der Waals surface area contributed by atoms with Crippen LogP contribution in [-0.2, 0) is 32.6 Å². The van der Waals surface area contributed by atoms with Crippen molar-refractivity contribution in [1.82, 2.24) is 10.2 Å². The first-order chi connectivity index (χ1) is 21.1. The second-order valence-electron chi connectivity index (χ2n) is 11.0. The number of aryl methyl sites for hydroxylation is 2. The summed E-state index contributed by atoms with van der Waals surface area (Å²) in [5.74, 6) is -0.747. The van der Waals surface area contributed by atoms with Gasteiger partial charge >= 0.3 is 0 Å². The topological polar surface area (TPSA) is 86.8 Å². The molecular weight excluding hydrogens is 570 g/mol. The Hall–Kier alpha value is -4.43. The Bertz CT molecular complexity index is 1670. The molecule has 7 nitrogen and oxygen atoms in total. The summed E-state index contributed by atoms with van der Waals surface area (Å²) in [7, 11) is -4.14. The Balaban J connectivity index is 1.83. The lowest BCUT2D eigenvalue weighted by Gasteiger charge is -2.34. The number of anilines is 1. The van der Waals surface area contributed by atoms with Crippen LogP contribution in [0, 0.1) is 20.8 Å². The van der Waals surface area contributed by atoms with Gasteiger partial charge in [0.1, 0.15) is 12.6 Å². The number of amides is 2. The smallest absolute Gasteiger partial charge is 0.264 e. The van der Waals surface area contributed by atoms with E-state index in [9.17, 15) is 18.0 Å². The van der Waals surface area contributed by atoms with Crippen molar-refractivity contribution in [3.63, 3.8) is 0 Å². The van der Waals surface area contributed by atoms with Crippen molar-refractivity contribution in [2.45, 2.75) is 58.0 Å². The van der Waals surface area contributed by atoms with Gasteiger partial charge in [-0.15, -0.1) is 0 Å². The third-order valence-electron chi connectivity index (χ3n) is 7.88. The molecule has 0 aliphatic carbocycles. The molecule has 4 aromatic rings. The van der Waals surface area contributed by atoms with Gasteiger partial charge in [-0.3, -0.25) is 13.9 Å². The lowest BCUT2D eigenvalue weighted by Crippen LogP contribution is -2.53. The minimum Gasteiger partial charge on any atom is -0.354 e. The molecule has 0 saturated carbocycles. The minimum atomic E-state index is -4.14. The highest BCUT2D eigenvalue weighted by Gasteiger charge is 2.35. The van der Waals surface area contributed by atoms with Crippen LogP contribution in [0.5, 0.6) is 0 Å². The molecule has 4 rings (SSSR count). The Kier molecular flexibility index (Phi) is 11.0. The number of nitrogens with one attached hydrogen (secondary N) is 1. The van der Waals surface area contributed by atoms with Gasteiger partial charge in [-0.1, -0.05) is 91.9 Å². The fourth-order valence-corrected chi connectivity index (χ4v) is 6.62. The van der Waals surface area contributed by atoms with Crippen molar-refractivity contribution in [2.75, 3.05) is 17.4 Å². The molecule has 0 fully saturated rings. The predicted octanol–water partition coefficient (Wildman–Crippen LogP) is 5.97. The van der Waals surface area contributed by atoms with Gasteiger partial charge in [-0.25, -0.2) is 8.42 Å². The molecule has 2 amide bonds. The van der Waals surface area contributed by atoms with Crippen LogP contribution in [-0.4, -0.2) is 44.3 Å². The second kappa shape index (κ2) is 14.8. The minimum absolute atomic E-state index is 0.0840. The van der Waals surface area contributed by atoms with E-state index in [1.807, 2.05) is 88.4 Å². The van der Waals surface area contributed by atoms with Crippen LogP contribution < -0.4 is 9.62 Å². The first kappa shape index (κ1) is 32.5. The van der Waals surface area contributed by atoms with Gasteiger partial charge in [0.15, 0.2) is 0 Å². The summed E-state index contributed by atoms with van der Waals surface area (Å²) in [6, 6.07) is 30.0. The summed E-state index contributed by atoms with van der Waals surface area (Å²) in [4.78, 5) is 30.0. The molecule has 8 heteroatoms. The number of rotatable bonds is 13.